The molecule has 0 bridgehead atoms. The molecule has 1 atom stereocenters. The maximum Gasteiger partial charge on any atom is 0.0648 e. The van der Waals surface area contributed by atoms with Gasteiger partial charge in [0, 0.05) is 18.4 Å². The van der Waals surface area contributed by atoms with Crippen LogP contribution in [-0.2, 0) is 0 Å². The molecule has 3 heteroatoms. The maximum atomic E-state index is 5.81. The molecule has 0 saturated heterocycles. The van der Waals surface area contributed by atoms with Gasteiger partial charge in [0.05, 0.1) is 5.69 Å². The highest BCUT2D eigenvalue weighted by Gasteiger charge is 2.01. The van der Waals surface area contributed by atoms with E-state index in [0.29, 0.717) is 0 Å². The van der Waals surface area contributed by atoms with Gasteiger partial charge in [-0.3, -0.25) is 0 Å². The number of nitrogens with zero attached hydrogens (tertiary/aromatic N) is 2. The molecule has 0 amide bonds. The second-order valence-corrected chi connectivity index (χ2v) is 3.33. The first-order chi connectivity index (χ1) is 6.77. The minimum absolute atomic E-state index is 0.0607. The monoisotopic (exact) mass is 187 g/mol. The van der Waals surface area contributed by atoms with E-state index in [0.717, 1.165) is 11.3 Å². The third kappa shape index (κ3) is 1.67. The van der Waals surface area contributed by atoms with Crippen LogP contribution >= 0.6 is 0 Å². The Labute approximate surface area is 83.2 Å². The predicted octanol–water partition coefficient (Wildman–Crippen LogP) is 1.89. The van der Waals surface area contributed by atoms with Gasteiger partial charge in [0.2, 0.25) is 0 Å². The second kappa shape index (κ2) is 3.64. The smallest absolute Gasteiger partial charge is 0.0648 e. The summed E-state index contributed by atoms with van der Waals surface area (Å²) in [5, 5.41) is 4.16. The first kappa shape index (κ1) is 8.97. The molecule has 1 heterocycles. The predicted molar refractivity (Wildman–Crippen MR) is 56.2 cm³/mol. The van der Waals surface area contributed by atoms with Crippen molar-refractivity contribution in [3.05, 3.63) is 48.3 Å². The lowest BCUT2D eigenvalue weighted by atomic mass is 10.1. The molecular formula is C11H13N3. The Morgan fingerprint density at radius 2 is 2.21 bits per heavy atom. The van der Waals surface area contributed by atoms with Crippen molar-refractivity contribution in [1.82, 2.24) is 9.78 Å². The van der Waals surface area contributed by atoms with Gasteiger partial charge in [0.25, 0.3) is 0 Å². The fourth-order valence-electron chi connectivity index (χ4n) is 1.37. The summed E-state index contributed by atoms with van der Waals surface area (Å²) in [6, 6.07) is 10.0. The Balaban J connectivity index is 2.41. The molecule has 1 aromatic heterocycles. The van der Waals surface area contributed by atoms with E-state index in [1.165, 1.54) is 0 Å². The van der Waals surface area contributed by atoms with E-state index in [-0.39, 0.29) is 6.04 Å². The van der Waals surface area contributed by atoms with E-state index in [2.05, 4.69) is 11.2 Å². The number of rotatable bonds is 2. The van der Waals surface area contributed by atoms with Gasteiger partial charge in [-0.2, -0.15) is 5.10 Å². The third-order valence-electron chi connectivity index (χ3n) is 2.16. The van der Waals surface area contributed by atoms with Gasteiger partial charge >= 0.3 is 0 Å². The molecule has 72 valence electrons. The fourth-order valence-corrected chi connectivity index (χ4v) is 1.37. The van der Waals surface area contributed by atoms with E-state index in [4.69, 9.17) is 5.73 Å². The van der Waals surface area contributed by atoms with Crippen LogP contribution in [0.15, 0.2) is 42.7 Å². The number of hydrogen-bond donors (Lipinski definition) is 1. The third-order valence-corrected chi connectivity index (χ3v) is 2.16. The van der Waals surface area contributed by atoms with E-state index < -0.39 is 0 Å². The Morgan fingerprint density at radius 3 is 2.86 bits per heavy atom. The number of hydrogen-bond acceptors (Lipinski definition) is 2. The van der Waals surface area contributed by atoms with Crippen molar-refractivity contribution >= 4 is 0 Å². The molecule has 0 aliphatic carbocycles. The lowest BCUT2D eigenvalue weighted by Crippen LogP contribution is -2.05. The van der Waals surface area contributed by atoms with Crippen LogP contribution in [0.3, 0.4) is 0 Å². The summed E-state index contributed by atoms with van der Waals surface area (Å²) in [5.74, 6) is 0. The lowest BCUT2D eigenvalue weighted by molar-refractivity contribution is 0.809. The molecule has 0 fully saturated rings. The van der Waals surface area contributed by atoms with Crippen LogP contribution in [0.25, 0.3) is 5.69 Å². The maximum absolute atomic E-state index is 5.81. The van der Waals surface area contributed by atoms with Crippen LogP contribution in [0.4, 0.5) is 0 Å². The molecule has 2 N–H and O–H groups in total. The standard InChI is InChI=1S/C11H13N3/c1-9(12)10-4-2-5-11(8-10)14-7-3-6-13-14/h2-9H,12H2,1H3/t9-/m1/s1. The van der Waals surface area contributed by atoms with Gasteiger partial charge in [-0.25, -0.2) is 4.68 Å². The second-order valence-electron chi connectivity index (χ2n) is 3.33. The molecule has 0 aliphatic heterocycles. The summed E-state index contributed by atoms with van der Waals surface area (Å²) in [4.78, 5) is 0. The van der Waals surface area contributed by atoms with Crippen molar-refractivity contribution in [2.45, 2.75) is 13.0 Å². The molecule has 14 heavy (non-hydrogen) atoms. The number of aromatic nitrogens is 2. The van der Waals surface area contributed by atoms with E-state index in [1.807, 2.05) is 42.1 Å². The normalized spacial score (nSPS) is 12.7. The molecule has 0 spiro atoms. The molecule has 0 aliphatic rings. The highest BCUT2D eigenvalue weighted by Crippen LogP contribution is 2.14. The van der Waals surface area contributed by atoms with Crippen molar-refractivity contribution in [3.63, 3.8) is 0 Å². The summed E-state index contributed by atoms with van der Waals surface area (Å²) >= 11 is 0. The first-order valence-electron chi connectivity index (χ1n) is 4.63. The summed E-state index contributed by atoms with van der Waals surface area (Å²) < 4.78 is 1.83. The van der Waals surface area contributed by atoms with Gasteiger partial charge in [-0.1, -0.05) is 12.1 Å². The van der Waals surface area contributed by atoms with Gasteiger partial charge < -0.3 is 5.73 Å². The quantitative estimate of drug-likeness (QED) is 0.780. The Bertz CT molecular complexity index is 404. The van der Waals surface area contributed by atoms with Crippen molar-refractivity contribution in [2.24, 2.45) is 5.73 Å². The SMILES string of the molecule is C[C@@H](N)c1cccc(-n2cccn2)c1. The van der Waals surface area contributed by atoms with Gasteiger partial charge in [-0.15, -0.1) is 0 Å². The van der Waals surface area contributed by atoms with Crippen molar-refractivity contribution in [1.29, 1.82) is 0 Å². The Morgan fingerprint density at radius 1 is 1.36 bits per heavy atom. The molecule has 3 nitrogen and oxygen atoms in total. The van der Waals surface area contributed by atoms with Crippen LogP contribution < -0.4 is 5.73 Å². The Kier molecular flexibility index (Phi) is 2.33. The minimum Gasteiger partial charge on any atom is -0.324 e. The summed E-state index contributed by atoms with van der Waals surface area (Å²) in [6.07, 6.45) is 3.68. The molecule has 1 aromatic carbocycles. The average molecular weight is 187 g/mol. The van der Waals surface area contributed by atoms with Crippen molar-refractivity contribution < 1.29 is 0 Å². The summed E-state index contributed by atoms with van der Waals surface area (Å²) in [5.41, 5.74) is 7.98. The zero-order valence-corrected chi connectivity index (χ0v) is 8.09. The van der Waals surface area contributed by atoms with E-state index in [9.17, 15) is 0 Å². The highest BCUT2D eigenvalue weighted by atomic mass is 15.3. The van der Waals surface area contributed by atoms with E-state index in [1.54, 1.807) is 6.20 Å². The minimum atomic E-state index is 0.0607. The van der Waals surface area contributed by atoms with Gasteiger partial charge in [-0.05, 0) is 30.7 Å². The zero-order chi connectivity index (χ0) is 9.97. The molecular weight excluding hydrogens is 174 g/mol. The van der Waals surface area contributed by atoms with Crippen LogP contribution in [0.1, 0.15) is 18.5 Å². The number of benzene rings is 1. The fraction of sp³-hybridized carbons (Fsp3) is 0.182. The van der Waals surface area contributed by atoms with Crippen LogP contribution in [0.2, 0.25) is 0 Å². The van der Waals surface area contributed by atoms with Crippen LogP contribution in [0.5, 0.6) is 0 Å². The van der Waals surface area contributed by atoms with Gasteiger partial charge in [0.1, 0.15) is 0 Å². The van der Waals surface area contributed by atoms with Crippen molar-refractivity contribution in [3.8, 4) is 5.69 Å². The van der Waals surface area contributed by atoms with Crippen molar-refractivity contribution in [2.75, 3.05) is 0 Å². The highest BCUT2D eigenvalue weighted by molar-refractivity contribution is 5.36. The zero-order valence-electron chi connectivity index (χ0n) is 8.09. The van der Waals surface area contributed by atoms with E-state index >= 15 is 0 Å². The van der Waals surface area contributed by atoms with Crippen LogP contribution in [0, 0.1) is 0 Å². The molecule has 2 rings (SSSR count). The molecule has 0 unspecified atom stereocenters. The largest absolute Gasteiger partial charge is 0.324 e. The molecule has 0 radical (unpaired) electrons. The molecule has 0 saturated carbocycles. The number of nitrogens with two attached hydrogens (primary N) is 1. The lowest BCUT2D eigenvalue weighted by Gasteiger charge is -2.07. The summed E-state index contributed by atoms with van der Waals surface area (Å²) in [6.45, 7) is 1.97. The first-order valence-corrected chi connectivity index (χ1v) is 4.63. The molecule has 2 aromatic rings. The van der Waals surface area contributed by atoms with Crippen LogP contribution in [-0.4, -0.2) is 9.78 Å². The average Bonchev–Trinajstić information content (AvgIpc) is 2.71. The summed E-state index contributed by atoms with van der Waals surface area (Å²) in [7, 11) is 0. The van der Waals surface area contributed by atoms with Gasteiger partial charge in [0.15, 0.2) is 0 Å². The Hall–Kier alpha value is -1.61. The topological polar surface area (TPSA) is 43.8 Å².